The maximum atomic E-state index is 15.8. The molecular weight excluding hydrogens is 1530 g/mol. The van der Waals surface area contributed by atoms with Gasteiger partial charge in [0, 0.05) is 81.8 Å². The molecule has 0 aliphatic heterocycles. The van der Waals surface area contributed by atoms with Crippen LogP contribution in [0.3, 0.4) is 0 Å². The van der Waals surface area contributed by atoms with Crippen LogP contribution >= 0.6 is 23.5 Å². The zero-order chi connectivity index (χ0) is 79.9. The summed E-state index contributed by atoms with van der Waals surface area (Å²) in [6.07, 6.45) is 3.25. The molecule has 0 atom stereocenters. The lowest BCUT2D eigenvalue weighted by Gasteiger charge is -2.27. The van der Waals surface area contributed by atoms with Gasteiger partial charge in [-0.05, 0) is 145 Å². The summed E-state index contributed by atoms with van der Waals surface area (Å²) in [7, 11) is 0.613. The molecule has 0 aliphatic rings. The minimum atomic E-state index is -4.45. The van der Waals surface area contributed by atoms with Gasteiger partial charge in [0.2, 0.25) is 37.8 Å². The van der Waals surface area contributed by atoms with Crippen molar-refractivity contribution in [2.24, 2.45) is 0 Å². The van der Waals surface area contributed by atoms with Crippen LogP contribution in [0.2, 0.25) is 0 Å². The van der Waals surface area contributed by atoms with Crippen LogP contribution in [-0.4, -0.2) is 163 Å². The lowest BCUT2D eigenvalue weighted by Crippen LogP contribution is -2.31. The standard InChI is InChI=1S/2C41H40N8O6S2/c1-53-31-13-7-27(8-14-31)24-48(25-28-9-15-32(54-2)16-10-28)57(51,52)39-36(56-22-21-50)20-19-34(35-6-4-5-30-23-43-41(42)44-38(30)35)37(39)40-45-46-47-49(40)26-29-11-17-33(55-3)18-12-29;1-53-31-13-7-27(8-14-31)24-48(25-28-9-15-32(54-2)16-10-28)57(51,52)39-36(56-22-21-50)20-19-34(35-6-4-5-30-23-43-41(42)44-38(30)35)37(39)40-45-47-49(46-40)26-29-11-17-33(55-3)18-12-29/h2*4-20,23,50H,21-22,24-26H2,1-3H3,(H2,42,43,44). The largest absolute Gasteiger partial charge is 0.497 e. The molecule has 0 spiro atoms. The van der Waals surface area contributed by atoms with Crippen LogP contribution in [0.25, 0.3) is 66.8 Å². The number of hydrogen-bond donors (Lipinski definition) is 4. The number of anilines is 2. The number of tetrazole rings is 2. The molecule has 28 nitrogen and oxygen atoms in total. The summed E-state index contributed by atoms with van der Waals surface area (Å²) in [6, 6.07) is 62.2. The molecule has 114 heavy (non-hydrogen) atoms. The smallest absolute Gasteiger partial charge is 0.245 e. The van der Waals surface area contributed by atoms with Gasteiger partial charge in [-0.2, -0.15) is 13.4 Å². The molecule has 0 unspecified atom stereocenters. The monoisotopic (exact) mass is 1610 g/mol. The van der Waals surface area contributed by atoms with E-state index < -0.39 is 20.0 Å². The van der Waals surface area contributed by atoms with Gasteiger partial charge >= 0.3 is 0 Å². The van der Waals surface area contributed by atoms with Gasteiger partial charge in [0.1, 0.15) is 44.3 Å². The fraction of sp³-hybridized carbons (Fsp3) is 0.195. The van der Waals surface area contributed by atoms with E-state index in [0.29, 0.717) is 88.3 Å². The molecule has 10 aromatic carbocycles. The fourth-order valence-corrected chi connectivity index (χ4v) is 18.5. The Morgan fingerprint density at radius 3 is 1.15 bits per heavy atom. The van der Waals surface area contributed by atoms with Crippen LogP contribution in [0.15, 0.2) is 238 Å². The Morgan fingerprint density at radius 1 is 0.412 bits per heavy atom. The zero-order valence-electron chi connectivity index (χ0n) is 62.9. The molecule has 584 valence electrons. The number of nitrogens with two attached hydrogens (primary N) is 2. The Balaban J connectivity index is 0.000000199. The second-order valence-electron chi connectivity index (χ2n) is 25.7. The number of sulfonamides is 2. The van der Waals surface area contributed by atoms with Crippen LogP contribution in [0.4, 0.5) is 11.9 Å². The van der Waals surface area contributed by atoms with Gasteiger partial charge in [-0.3, -0.25) is 0 Å². The summed E-state index contributed by atoms with van der Waals surface area (Å²) in [6.45, 7) is 0.166. The van der Waals surface area contributed by atoms with Crippen molar-refractivity contribution in [1.82, 2.24) is 69.0 Å². The Hall–Kier alpha value is -12.1. The fourth-order valence-electron chi connectivity index (χ4n) is 12.8. The number of nitrogens with zero attached hydrogens (tertiary/aromatic N) is 14. The summed E-state index contributed by atoms with van der Waals surface area (Å²) in [4.78, 5) is 19.7. The first-order chi connectivity index (χ1) is 55.4. The number of methoxy groups -OCH3 is 6. The number of rotatable bonds is 32. The molecule has 14 rings (SSSR count). The number of fused-ring (bicyclic) bond motifs is 2. The number of aliphatic hydroxyl groups excluding tert-OH is 2. The van der Waals surface area contributed by atoms with Crippen molar-refractivity contribution in [3.8, 4) is 79.5 Å². The number of para-hydroxylation sites is 2. The molecule has 0 saturated carbocycles. The lowest BCUT2D eigenvalue weighted by atomic mass is 9.97. The quantitative estimate of drug-likeness (QED) is 0.0285. The number of thioether (sulfide) groups is 2. The summed E-state index contributed by atoms with van der Waals surface area (Å²) in [5.74, 6) is 4.84. The minimum absolute atomic E-state index is 0.0148. The first-order valence-electron chi connectivity index (χ1n) is 35.6. The number of nitrogen functional groups attached to an aromatic ring is 2. The van der Waals surface area contributed by atoms with E-state index in [1.165, 1.54) is 36.9 Å². The number of ether oxygens (including phenoxy) is 6. The zero-order valence-corrected chi connectivity index (χ0v) is 66.1. The van der Waals surface area contributed by atoms with E-state index in [9.17, 15) is 10.2 Å². The van der Waals surface area contributed by atoms with Gasteiger partial charge in [0.05, 0.1) is 91.1 Å². The molecule has 0 radical (unpaired) electrons. The average Bonchev–Trinajstić information content (AvgIpc) is 1.15. The Bertz CT molecular complexity index is 5800. The van der Waals surface area contributed by atoms with Crippen LogP contribution < -0.4 is 39.9 Å². The van der Waals surface area contributed by atoms with Crippen molar-refractivity contribution in [1.29, 1.82) is 0 Å². The highest BCUT2D eigenvalue weighted by Crippen LogP contribution is 2.47. The maximum Gasteiger partial charge on any atom is 0.245 e. The van der Waals surface area contributed by atoms with E-state index in [-0.39, 0.29) is 108 Å². The summed E-state index contributed by atoms with van der Waals surface area (Å²) >= 11 is 2.44. The second-order valence-corrected chi connectivity index (χ2v) is 31.7. The highest BCUT2D eigenvalue weighted by molar-refractivity contribution is 8.00. The van der Waals surface area contributed by atoms with Gasteiger partial charge in [-0.15, -0.1) is 38.8 Å². The first kappa shape index (κ1) is 79.9. The molecule has 0 amide bonds. The maximum absolute atomic E-state index is 15.8. The molecule has 0 bridgehead atoms. The predicted octanol–water partition coefficient (Wildman–Crippen LogP) is 12.2. The number of hydrogen-bond acceptors (Lipinski definition) is 26. The second kappa shape index (κ2) is 36.6. The molecule has 4 aromatic heterocycles. The molecule has 6 N–H and O–H groups in total. The molecule has 0 aliphatic carbocycles. The van der Waals surface area contributed by atoms with E-state index in [2.05, 4.69) is 45.8 Å². The SMILES string of the molecule is COc1ccc(CN(Cc2ccc(OC)cc2)S(=O)(=O)c2c(SCCO)ccc(-c3cccc4cnc(N)nc34)c2-c2nnn(Cc3ccc(OC)cc3)n2)cc1.COc1ccc(CN(Cc2ccc(OC)cc2)S(=O)(=O)c2c(SCCO)ccc(-c3cccc4cnc(N)nc34)c2-c2nnnn2Cc2ccc(OC)cc2)cc1. The van der Waals surface area contributed by atoms with E-state index in [1.54, 1.807) is 120 Å². The normalized spacial score (nSPS) is 11.6. The number of aromatic nitrogens is 12. The Labute approximate surface area is 666 Å². The van der Waals surface area contributed by atoms with Gasteiger partial charge < -0.3 is 50.1 Å². The molecule has 0 saturated heterocycles. The van der Waals surface area contributed by atoms with Crippen LogP contribution in [0.5, 0.6) is 34.5 Å². The predicted molar refractivity (Wildman–Crippen MR) is 437 cm³/mol. The van der Waals surface area contributed by atoms with Gasteiger partial charge in [0.15, 0.2) is 5.82 Å². The van der Waals surface area contributed by atoms with Crippen molar-refractivity contribution in [3.05, 3.63) is 252 Å². The molecular formula is C82H80N16O12S4. The molecule has 14 aromatic rings. The van der Waals surface area contributed by atoms with Crippen molar-refractivity contribution >= 4 is 77.3 Å². The van der Waals surface area contributed by atoms with Crippen LogP contribution in [0.1, 0.15) is 33.4 Å². The van der Waals surface area contributed by atoms with E-state index >= 15 is 16.8 Å². The van der Waals surface area contributed by atoms with E-state index in [0.717, 1.165) is 33.4 Å². The summed E-state index contributed by atoms with van der Waals surface area (Å²) in [5.41, 5.74) is 20.6. The number of aliphatic hydroxyl groups is 2. The Kier molecular flexibility index (Phi) is 25.6. The van der Waals surface area contributed by atoms with Gasteiger partial charge in [0.25, 0.3) is 0 Å². The molecule has 4 heterocycles. The highest BCUT2D eigenvalue weighted by Gasteiger charge is 2.38. The third kappa shape index (κ3) is 18.3. The molecule has 32 heteroatoms. The van der Waals surface area contributed by atoms with Crippen molar-refractivity contribution in [2.45, 2.75) is 58.9 Å². The highest BCUT2D eigenvalue weighted by atomic mass is 32.2. The molecule has 0 fully saturated rings. The summed E-state index contributed by atoms with van der Waals surface area (Å²) < 4.78 is 99.6. The minimum Gasteiger partial charge on any atom is -0.497 e. The summed E-state index contributed by atoms with van der Waals surface area (Å²) in [5, 5.41) is 48.0. The topological polar surface area (TPSA) is 361 Å². The average molecular weight is 1610 g/mol. The van der Waals surface area contributed by atoms with E-state index in [1.807, 2.05) is 146 Å². The van der Waals surface area contributed by atoms with Crippen LogP contribution in [-0.2, 0) is 59.3 Å². The third-order valence-electron chi connectivity index (χ3n) is 18.5. The van der Waals surface area contributed by atoms with E-state index in [4.69, 9.17) is 45.0 Å². The first-order valence-corrected chi connectivity index (χ1v) is 40.4. The third-order valence-corrected chi connectivity index (χ3v) is 24.5. The Morgan fingerprint density at radius 2 is 0.772 bits per heavy atom. The van der Waals surface area contributed by atoms with Crippen molar-refractivity contribution < 1.29 is 55.5 Å². The lowest BCUT2D eigenvalue weighted by molar-refractivity contribution is 0.322. The van der Waals surface area contributed by atoms with Crippen LogP contribution in [0, 0.1) is 0 Å². The number of benzene rings is 10. The van der Waals surface area contributed by atoms with Crippen molar-refractivity contribution in [3.63, 3.8) is 0 Å². The van der Waals surface area contributed by atoms with Crippen molar-refractivity contribution in [2.75, 3.05) is 78.8 Å². The van der Waals surface area contributed by atoms with Gasteiger partial charge in [-0.1, -0.05) is 121 Å². The van der Waals surface area contributed by atoms with Gasteiger partial charge in [-0.25, -0.2) is 41.5 Å².